The van der Waals surface area contributed by atoms with Crippen LogP contribution in [0.4, 0.5) is 11.4 Å². The second kappa shape index (κ2) is 7.12. The Morgan fingerprint density at radius 1 is 0.955 bits per heavy atom. The summed E-state index contributed by atoms with van der Waals surface area (Å²) in [6.07, 6.45) is 0. The van der Waals surface area contributed by atoms with Crippen LogP contribution in [0.15, 0.2) is 48.5 Å². The van der Waals surface area contributed by atoms with Crippen LogP contribution in [0, 0.1) is 6.92 Å². The van der Waals surface area contributed by atoms with Crippen molar-refractivity contribution < 1.29 is 4.79 Å². The summed E-state index contributed by atoms with van der Waals surface area (Å²) in [7, 11) is 0. The Balaban J connectivity index is 2.04. The molecule has 1 unspecified atom stereocenters. The van der Waals surface area contributed by atoms with E-state index in [2.05, 4.69) is 30.5 Å². The van der Waals surface area contributed by atoms with E-state index in [0.717, 1.165) is 16.9 Å². The van der Waals surface area contributed by atoms with E-state index >= 15 is 0 Å². The average Bonchev–Trinajstić information content (AvgIpc) is 2.49. The SMILES string of the molecule is Cc1ccc(NC(C)C(=O)Nc2ccccc2C(C)C)cc1. The fraction of sp³-hybridized carbons (Fsp3) is 0.316. The molecule has 1 atom stereocenters. The first-order valence-electron chi connectivity index (χ1n) is 7.70. The smallest absolute Gasteiger partial charge is 0.246 e. The van der Waals surface area contributed by atoms with Crippen LogP contribution in [-0.2, 0) is 4.79 Å². The zero-order valence-corrected chi connectivity index (χ0v) is 13.7. The lowest BCUT2D eigenvalue weighted by atomic mass is 10.0. The van der Waals surface area contributed by atoms with Crippen LogP contribution in [-0.4, -0.2) is 11.9 Å². The van der Waals surface area contributed by atoms with Gasteiger partial charge in [-0.3, -0.25) is 4.79 Å². The molecule has 1 amide bonds. The highest BCUT2D eigenvalue weighted by molar-refractivity contribution is 5.96. The molecule has 22 heavy (non-hydrogen) atoms. The summed E-state index contributed by atoms with van der Waals surface area (Å²) >= 11 is 0. The largest absolute Gasteiger partial charge is 0.374 e. The summed E-state index contributed by atoms with van der Waals surface area (Å²) < 4.78 is 0. The lowest BCUT2D eigenvalue weighted by molar-refractivity contribution is -0.116. The van der Waals surface area contributed by atoms with Crippen molar-refractivity contribution in [3.8, 4) is 0 Å². The number of amides is 1. The minimum absolute atomic E-state index is 0.0336. The number of rotatable bonds is 5. The van der Waals surface area contributed by atoms with E-state index < -0.39 is 0 Å². The van der Waals surface area contributed by atoms with Crippen LogP contribution >= 0.6 is 0 Å². The van der Waals surface area contributed by atoms with Gasteiger partial charge in [-0.15, -0.1) is 0 Å². The molecule has 3 nitrogen and oxygen atoms in total. The van der Waals surface area contributed by atoms with Crippen molar-refractivity contribution in [2.24, 2.45) is 0 Å². The second-order valence-corrected chi connectivity index (χ2v) is 5.96. The predicted molar refractivity (Wildman–Crippen MR) is 93.4 cm³/mol. The van der Waals surface area contributed by atoms with Gasteiger partial charge >= 0.3 is 0 Å². The number of nitrogens with one attached hydrogen (secondary N) is 2. The van der Waals surface area contributed by atoms with E-state index in [9.17, 15) is 4.79 Å². The number of anilines is 2. The van der Waals surface area contributed by atoms with Crippen LogP contribution in [0.2, 0.25) is 0 Å². The van der Waals surface area contributed by atoms with E-state index in [4.69, 9.17) is 0 Å². The molecule has 0 aliphatic rings. The summed E-state index contributed by atoms with van der Waals surface area (Å²) in [4.78, 5) is 12.4. The number of carbonyl (C=O) groups excluding carboxylic acids is 1. The van der Waals surface area contributed by atoms with E-state index in [1.54, 1.807) is 0 Å². The highest BCUT2D eigenvalue weighted by Gasteiger charge is 2.15. The molecule has 0 radical (unpaired) electrons. The minimum Gasteiger partial charge on any atom is -0.374 e. The number of aryl methyl sites for hydroxylation is 1. The molecule has 0 saturated carbocycles. The molecular formula is C19H24N2O. The Kier molecular flexibility index (Phi) is 5.21. The summed E-state index contributed by atoms with van der Waals surface area (Å²) in [5.74, 6) is 0.338. The first-order valence-corrected chi connectivity index (χ1v) is 7.70. The number of carbonyl (C=O) groups is 1. The quantitative estimate of drug-likeness (QED) is 0.849. The molecule has 0 aliphatic heterocycles. The van der Waals surface area contributed by atoms with Gasteiger partial charge in [0.05, 0.1) is 0 Å². The molecule has 2 N–H and O–H groups in total. The van der Waals surface area contributed by atoms with Gasteiger partial charge in [0.2, 0.25) is 5.91 Å². The van der Waals surface area contributed by atoms with E-state index in [1.807, 2.05) is 56.3 Å². The van der Waals surface area contributed by atoms with E-state index in [0.29, 0.717) is 5.92 Å². The van der Waals surface area contributed by atoms with E-state index in [-0.39, 0.29) is 11.9 Å². The topological polar surface area (TPSA) is 41.1 Å². The minimum atomic E-state index is -0.303. The van der Waals surface area contributed by atoms with Gasteiger partial charge in [0.25, 0.3) is 0 Å². The molecule has 2 aromatic rings. The summed E-state index contributed by atoms with van der Waals surface area (Å²) in [5.41, 5.74) is 4.19. The second-order valence-electron chi connectivity index (χ2n) is 5.96. The molecule has 0 aromatic heterocycles. The molecule has 3 heteroatoms. The zero-order valence-electron chi connectivity index (χ0n) is 13.7. The monoisotopic (exact) mass is 296 g/mol. The summed E-state index contributed by atoms with van der Waals surface area (Å²) in [6, 6.07) is 15.7. The van der Waals surface area contributed by atoms with Crippen molar-refractivity contribution in [2.45, 2.75) is 39.7 Å². The molecule has 2 rings (SSSR count). The van der Waals surface area contributed by atoms with Gasteiger partial charge in [-0.05, 0) is 43.5 Å². The van der Waals surface area contributed by atoms with Crippen molar-refractivity contribution >= 4 is 17.3 Å². The molecule has 0 spiro atoms. The van der Waals surface area contributed by atoms with Crippen LogP contribution < -0.4 is 10.6 Å². The first-order chi connectivity index (χ1) is 10.5. The molecule has 0 aliphatic carbocycles. The number of para-hydroxylation sites is 1. The molecule has 0 saturated heterocycles. The van der Waals surface area contributed by atoms with Crippen molar-refractivity contribution in [3.63, 3.8) is 0 Å². The maximum atomic E-state index is 12.4. The lowest BCUT2D eigenvalue weighted by Crippen LogP contribution is -2.32. The molecular weight excluding hydrogens is 272 g/mol. The van der Waals surface area contributed by atoms with Crippen molar-refractivity contribution in [3.05, 3.63) is 59.7 Å². The lowest BCUT2D eigenvalue weighted by Gasteiger charge is -2.18. The number of hydrogen-bond donors (Lipinski definition) is 2. The first kappa shape index (κ1) is 16.1. The van der Waals surface area contributed by atoms with Gasteiger partial charge < -0.3 is 10.6 Å². The summed E-state index contributed by atoms with van der Waals surface area (Å²) in [5, 5.41) is 6.25. The maximum Gasteiger partial charge on any atom is 0.246 e. The van der Waals surface area contributed by atoms with Gasteiger partial charge in [-0.1, -0.05) is 49.7 Å². The molecule has 0 bridgehead atoms. The van der Waals surface area contributed by atoms with Gasteiger partial charge in [-0.2, -0.15) is 0 Å². The Hall–Kier alpha value is -2.29. The third kappa shape index (κ3) is 4.10. The molecule has 0 heterocycles. The van der Waals surface area contributed by atoms with Crippen LogP contribution in [0.5, 0.6) is 0 Å². The van der Waals surface area contributed by atoms with Crippen molar-refractivity contribution in [1.82, 2.24) is 0 Å². The van der Waals surface area contributed by atoms with Gasteiger partial charge in [-0.25, -0.2) is 0 Å². The Morgan fingerprint density at radius 2 is 1.59 bits per heavy atom. The van der Waals surface area contributed by atoms with Crippen molar-refractivity contribution in [2.75, 3.05) is 10.6 Å². The Morgan fingerprint density at radius 3 is 2.23 bits per heavy atom. The maximum absolute atomic E-state index is 12.4. The fourth-order valence-corrected chi connectivity index (χ4v) is 2.32. The van der Waals surface area contributed by atoms with Gasteiger partial charge in [0.1, 0.15) is 6.04 Å². The molecule has 2 aromatic carbocycles. The zero-order chi connectivity index (χ0) is 16.1. The highest BCUT2D eigenvalue weighted by Crippen LogP contribution is 2.24. The standard InChI is InChI=1S/C19H24N2O/c1-13(2)17-7-5-6-8-18(17)21-19(22)15(4)20-16-11-9-14(3)10-12-16/h5-13,15,20H,1-4H3,(H,21,22). The Labute approximate surface area is 132 Å². The molecule has 116 valence electrons. The average molecular weight is 296 g/mol. The van der Waals surface area contributed by atoms with Crippen molar-refractivity contribution in [1.29, 1.82) is 0 Å². The van der Waals surface area contributed by atoms with Gasteiger partial charge in [0, 0.05) is 11.4 Å². The predicted octanol–water partition coefficient (Wildman–Crippen LogP) is 4.56. The van der Waals surface area contributed by atoms with Crippen LogP contribution in [0.25, 0.3) is 0 Å². The fourth-order valence-electron chi connectivity index (χ4n) is 2.32. The third-order valence-corrected chi connectivity index (χ3v) is 3.67. The highest BCUT2D eigenvalue weighted by atomic mass is 16.2. The number of benzene rings is 2. The summed E-state index contributed by atoms with van der Waals surface area (Å²) in [6.45, 7) is 8.16. The normalized spacial score (nSPS) is 12.0. The number of hydrogen-bond acceptors (Lipinski definition) is 2. The van der Waals surface area contributed by atoms with Gasteiger partial charge in [0.15, 0.2) is 0 Å². The van der Waals surface area contributed by atoms with E-state index in [1.165, 1.54) is 5.56 Å². The Bertz CT molecular complexity index is 632. The van der Waals surface area contributed by atoms with Crippen LogP contribution in [0.1, 0.15) is 37.8 Å². The third-order valence-electron chi connectivity index (χ3n) is 3.67. The van der Waals surface area contributed by atoms with Crippen LogP contribution in [0.3, 0.4) is 0 Å². The molecule has 0 fully saturated rings.